The first-order valence-electron chi connectivity index (χ1n) is 4.76. The predicted molar refractivity (Wildman–Crippen MR) is 46.2 cm³/mol. The van der Waals surface area contributed by atoms with Crippen LogP contribution in [0.3, 0.4) is 0 Å². The molecule has 2 rings (SSSR count). The highest BCUT2D eigenvalue weighted by Crippen LogP contribution is 2.44. The number of hydrogen-bond acceptors (Lipinski definition) is 2. The van der Waals surface area contributed by atoms with Crippen LogP contribution in [-0.2, 0) is 9.47 Å². The molecule has 0 radical (unpaired) electrons. The standard InChI is InChI=1S/C10H16O2/c1-8-4-3-5-9(2)10(8)11-6-7-12-10/h6-9H,3-5H2,1-2H3. The minimum Gasteiger partial charge on any atom is -0.456 e. The first-order valence-corrected chi connectivity index (χ1v) is 4.76. The van der Waals surface area contributed by atoms with E-state index < -0.39 is 0 Å². The van der Waals surface area contributed by atoms with Gasteiger partial charge in [0.25, 0.3) is 5.79 Å². The quantitative estimate of drug-likeness (QED) is 0.553. The van der Waals surface area contributed by atoms with Gasteiger partial charge in [-0.05, 0) is 12.8 Å². The van der Waals surface area contributed by atoms with Crippen molar-refractivity contribution in [1.29, 1.82) is 0 Å². The molecule has 1 fully saturated rings. The average Bonchev–Trinajstić information content (AvgIpc) is 2.50. The molecule has 2 nitrogen and oxygen atoms in total. The molecule has 2 heteroatoms. The molecule has 0 aromatic rings. The fourth-order valence-corrected chi connectivity index (χ4v) is 2.38. The topological polar surface area (TPSA) is 18.5 Å². The summed E-state index contributed by atoms with van der Waals surface area (Å²) in [7, 11) is 0. The van der Waals surface area contributed by atoms with Crippen molar-refractivity contribution in [3.05, 3.63) is 12.5 Å². The van der Waals surface area contributed by atoms with Gasteiger partial charge in [-0.25, -0.2) is 0 Å². The smallest absolute Gasteiger partial charge is 0.254 e. The molecule has 2 atom stereocenters. The first kappa shape index (κ1) is 7.96. The second-order valence-corrected chi connectivity index (χ2v) is 3.96. The zero-order chi connectivity index (χ0) is 8.60. The summed E-state index contributed by atoms with van der Waals surface area (Å²) in [6.45, 7) is 4.42. The Hall–Kier alpha value is -0.660. The van der Waals surface area contributed by atoms with Crippen LogP contribution >= 0.6 is 0 Å². The van der Waals surface area contributed by atoms with Crippen molar-refractivity contribution in [3.63, 3.8) is 0 Å². The molecule has 1 spiro atoms. The lowest BCUT2D eigenvalue weighted by atomic mass is 9.77. The highest BCUT2D eigenvalue weighted by molar-refractivity contribution is 4.93. The maximum atomic E-state index is 5.60. The Labute approximate surface area is 73.5 Å². The maximum Gasteiger partial charge on any atom is 0.254 e. The summed E-state index contributed by atoms with van der Waals surface area (Å²) in [5.41, 5.74) is 0. The van der Waals surface area contributed by atoms with Gasteiger partial charge in [-0.1, -0.05) is 20.3 Å². The molecule has 12 heavy (non-hydrogen) atoms. The molecule has 1 heterocycles. The zero-order valence-electron chi connectivity index (χ0n) is 7.75. The van der Waals surface area contributed by atoms with E-state index in [2.05, 4.69) is 13.8 Å². The summed E-state index contributed by atoms with van der Waals surface area (Å²) in [6.07, 6.45) is 7.09. The van der Waals surface area contributed by atoms with E-state index >= 15 is 0 Å². The fourth-order valence-electron chi connectivity index (χ4n) is 2.38. The summed E-state index contributed by atoms with van der Waals surface area (Å²) >= 11 is 0. The van der Waals surface area contributed by atoms with E-state index in [0.29, 0.717) is 11.8 Å². The minimum atomic E-state index is -0.321. The van der Waals surface area contributed by atoms with Gasteiger partial charge in [0.1, 0.15) is 12.5 Å². The largest absolute Gasteiger partial charge is 0.456 e. The van der Waals surface area contributed by atoms with Crippen molar-refractivity contribution in [2.45, 2.75) is 38.9 Å². The van der Waals surface area contributed by atoms with E-state index in [9.17, 15) is 0 Å². The molecule has 2 unspecified atom stereocenters. The molecule has 0 saturated heterocycles. The molecule has 68 valence electrons. The molecular formula is C10H16O2. The molecule has 0 aromatic carbocycles. The maximum absolute atomic E-state index is 5.60. The van der Waals surface area contributed by atoms with Gasteiger partial charge in [0, 0.05) is 11.8 Å². The van der Waals surface area contributed by atoms with Gasteiger partial charge in [0.05, 0.1) is 0 Å². The summed E-state index contributed by atoms with van der Waals surface area (Å²) in [5.74, 6) is 0.700. The van der Waals surface area contributed by atoms with Gasteiger partial charge in [-0.15, -0.1) is 0 Å². The molecule has 0 amide bonds. The normalized spacial score (nSPS) is 37.8. The average molecular weight is 168 g/mol. The van der Waals surface area contributed by atoms with Crippen LogP contribution < -0.4 is 0 Å². The summed E-state index contributed by atoms with van der Waals surface area (Å²) in [4.78, 5) is 0. The van der Waals surface area contributed by atoms with Crippen LogP contribution in [-0.4, -0.2) is 5.79 Å². The zero-order valence-corrected chi connectivity index (χ0v) is 7.75. The fraction of sp³-hybridized carbons (Fsp3) is 0.800. The Kier molecular flexibility index (Phi) is 1.78. The molecule has 0 N–H and O–H groups in total. The Balaban J connectivity index is 2.18. The van der Waals surface area contributed by atoms with E-state index in [-0.39, 0.29) is 5.79 Å². The third-order valence-corrected chi connectivity index (χ3v) is 3.21. The lowest BCUT2D eigenvalue weighted by molar-refractivity contribution is -0.225. The Morgan fingerprint density at radius 2 is 1.58 bits per heavy atom. The van der Waals surface area contributed by atoms with Gasteiger partial charge in [-0.3, -0.25) is 0 Å². The highest BCUT2D eigenvalue weighted by Gasteiger charge is 2.48. The third kappa shape index (κ3) is 0.936. The summed E-state index contributed by atoms with van der Waals surface area (Å²) < 4.78 is 11.2. The summed E-state index contributed by atoms with van der Waals surface area (Å²) in [6, 6.07) is 0. The van der Waals surface area contributed by atoms with Gasteiger partial charge in [0.15, 0.2) is 0 Å². The van der Waals surface area contributed by atoms with Crippen molar-refractivity contribution in [2.75, 3.05) is 0 Å². The van der Waals surface area contributed by atoms with Crippen LogP contribution in [0, 0.1) is 11.8 Å². The van der Waals surface area contributed by atoms with Crippen molar-refractivity contribution in [3.8, 4) is 0 Å². The van der Waals surface area contributed by atoms with Crippen LogP contribution in [0.15, 0.2) is 12.5 Å². The van der Waals surface area contributed by atoms with Crippen LogP contribution in [0.5, 0.6) is 0 Å². The van der Waals surface area contributed by atoms with Crippen molar-refractivity contribution in [2.24, 2.45) is 11.8 Å². The summed E-state index contributed by atoms with van der Waals surface area (Å²) in [5, 5.41) is 0. The van der Waals surface area contributed by atoms with Crippen LogP contribution in [0.4, 0.5) is 0 Å². The molecule has 2 aliphatic rings. The number of ether oxygens (including phenoxy) is 2. The van der Waals surface area contributed by atoms with Gasteiger partial charge >= 0.3 is 0 Å². The molecule has 0 aromatic heterocycles. The van der Waals surface area contributed by atoms with Crippen molar-refractivity contribution < 1.29 is 9.47 Å². The van der Waals surface area contributed by atoms with Gasteiger partial charge in [-0.2, -0.15) is 0 Å². The van der Waals surface area contributed by atoms with Crippen molar-refractivity contribution in [1.82, 2.24) is 0 Å². The number of rotatable bonds is 0. The van der Waals surface area contributed by atoms with Crippen molar-refractivity contribution >= 4 is 0 Å². The van der Waals surface area contributed by atoms with Crippen LogP contribution in [0.2, 0.25) is 0 Å². The lowest BCUT2D eigenvalue weighted by Crippen LogP contribution is -2.46. The highest BCUT2D eigenvalue weighted by atomic mass is 16.7. The van der Waals surface area contributed by atoms with Crippen LogP contribution in [0.1, 0.15) is 33.1 Å². The second-order valence-electron chi connectivity index (χ2n) is 3.96. The molecular weight excluding hydrogens is 152 g/mol. The van der Waals surface area contributed by atoms with E-state index in [4.69, 9.17) is 9.47 Å². The van der Waals surface area contributed by atoms with Crippen LogP contribution in [0.25, 0.3) is 0 Å². The minimum absolute atomic E-state index is 0.321. The van der Waals surface area contributed by atoms with Gasteiger partial charge < -0.3 is 9.47 Å². The monoisotopic (exact) mass is 168 g/mol. The lowest BCUT2D eigenvalue weighted by Gasteiger charge is -2.41. The molecule has 1 saturated carbocycles. The van der Waals surface area contributed by atoms with E-state index in [1.165, 1.54) is 19.3 Å². The molecule has 0 bridgehead atoms. The van der Waals surface area contributed by atoms with E-state index in [1.807, 2.05) is 0 Å². The Morgan fingerprint density at radius 1 is 1.08 bits per heavy atom. The van der Waals surface area contributed by atoms with Gasteiger partial charge in [0.2, 0.25) is 0 Å². The molecule has 1 aliphatic heterocycles. The predicted octanol–water partition coefficient (Wildman–Crippen LogP) is 2.66. The SMILES string of the molecule is CC1CCCC(C)C12OC=CO2. The molecule has 1 aliphatic carbocycles. The first-order chi connectivity index (χ1) is 5.76. The Morgan fingerprint density at radius 3 is 2.08 bits per heavy atom. The second kappa shape index (κ2) is 2.68. The number of hydrogen-bond donors (Lipinski definition) is 0. The Bertz CT molecular complexity index is 178. The third-order valence-electron chi connectivity index (χ3n) is 3.21. The van der Waals surface area contributed by atoms with E-state index in [0.717, 1.165) is 0 Å². The van der Waals surface area contributed by atoms with E-state index in [1.54, 1.807) is 12.5 Å².